The highest BCUT2D eigenvalue weighted by Crippen LogP contribution is 2.49. The van der Waals surface area contributed by atoms with Crippen molar-refractivity contribution in [3.63, 3.8) is 0 Å². The van der Waals surface area contributed by atoms with Gasteiger partial charge in [-0.25, -0.2) is 0 Å². The fourth-order valence-corrected chi connectivity index (χ4v) is 5.75. The maximum absolute atomic E-state index is 12.4. The molecular formula is C15H19O3S2+. The summed E-state index contributed by atoms with van der Waals surface area (Å²) in [5.41, 5.74) is 1.03. The van der Waals surface area contributed by atoms with E-state index in [-0.39, 0.29) is 4.90 Å². The normalized spacial score (nSPS) is 13.2. The fraction of sp³-hybridized carbons (Fsp3) is 0.200. The lowest BCUT2D eigenvalue weighted by Crippen LogP contribution is -2.15. The zero-order valence-electron chi connectivity index (χ0n) is 11.8. The van der Waals surface area contributed by atoms with Crippen LogP contribution in [0.15, 0.2) is 64.4 Å². The van der Waals surface area contributed by atoms with Gasteiger partial charge >= 0.3 is 10.1 Å². The van der Waals surface area contributed by atoms with Gasteiger partial charge in [0.25, 0.3) is 0 Å². The van der Waals surface area contributed by atoms with Gasteiger partial charge in [0.15, 0.2) is 0 Å². The molecule has 2 rings (SSSR count). The van der Waals surface area contributed by atoms with Crippen LogP contribution in [0.25, 0.3) is 0 Å². The van der Waals surface area contributed by atoms with Gasteiger partial charge in [-0.3, -0.25) is 3.63 Å². The summed E-state index contributed by atoms with van der Waals surface area (Å²) < 4.78 is 28.9. The Kier molecular flexibility index (Phi) is 4.22. The SMILES string of the molecule is Cc1ccc(S(=O)(=O)[OH+]S(C)(C)c2ccccc2)cc1. The van der Waals surface area contributed by atoms with Crippen molar-refractivity contribution in [1.82, 2.24) is 0 Å². The zero-order chi connectivity index (χ0) is 14.8. The van der Waals surface area contributed by atoms with Crippen molar-refractivity contribution < 1.29 is 12.0 Å². The smallest absolute Gasteiger partial charge is 0.265 e. The van der Waals surface area contributed by atoms with Crippen LogP contribution >= 0.6 is 10.3 Å². The summed E-state index contributed by atoms with van der Waals surface area (Å²) in [6.45, 7) is 1.92. The molecule has 0 saturated heterocycles. The Morgan fingerprint density at radius 3 is 1.90 bits per heavy atom. The lowest BCUT2D eigenvalue weighted by Gasteiger charge is -2.25. The van der Waals surface area contributed by atoms with E-state index < -0.39 is 20.4 Å². The molecule has 0 unspecified atom stereocenters. The first-order valence-electron chi connectivity index (χ1n) is 6.16. The van der Waals surface area contributed by atoms with Crippen molar-refractivity contribution in [2.45, 2.75) is 16.7 Å². The van der Waals surface area contributed by atoms with Crippen molar-refractivity contribution in [3.05, 3.63) is 60.2 Å². The van der Waals surface area contributed by atoms with Gasteiger partial charge in [0, 0.05) is 22.8 Å². The third-order valence-corrected chi connectivity index (χ3v) is 7.49. The Balaban J connectivity index is 2.30. The molecule has 2 aromatic carbocycles. The minimum Gasteiger partial charge on any atom is -0.265 e. The predicted octanol–water partition coefficient (Wildman–Crippen LogP) is 3.82. The average Bonchev–Trinajstić information content (AvgIpc) is 2.39. The van der Waals surface area contributed by atoms with E-state index in [1.54, 1.807) is 24.3 Å². The predicted molar refractivity (Wildman–Crippen MR) is 85.1 cm³/mol. The average molecular weight is 311 g/mol. The van der Waals surface area contributed by atoms with Crippen LogP contribution in [0.4, 0.5) is 0 Å². The molecule has 2 aromatic rings. The Hall–Kier alpha value is -1.30. The molecule has 0 amide bonds. The van der Waals surface area contributed by atoms with Gasteiger partial charge < -0.3 is 0 Å². The van der Waals surface area contributed by atoms with Crippen molar-refractivity contribution in [2.24, 2.45) is 0 Å². The summed E-state index contributed by atoms with van der Waals surface area (Å²) in [4.78, 5) is 1.20. The first-order valence-corrected chi connectivity index (χ1v) is 10.0. The van der Waals surface area contributed by atoms with E-state index in [2.05, 4.69) is 3.63 Å². The van der Waals surface area contributed by atoms with Crippen LogP contribution in [0, 0.1) is 6.92 Å². The Bertz CT molecular complexity index is 675. The summed E-state index contributed by atoms with van der Waals surface area (Å²) in [6, 6.07) is 16.3. The molecule has 0 atom stereocenters. The van der Waals surface area contributed by atoms with Gasteiger partial charge in [0.05, 0.1) is 4.90 Å². The number of rotatable bonds is 4. The molecule has 0 aliphatic carbocycles. The topological polar surface area (TPSA) is 46.9 Å². The van der Waals surface area contributed by atoms with Crippen LogP contribution in [0.2, 0.25) is 0 Å². The van der Waals surface area contributed by atoms with Crippen molar-refractivity contribution in [3.8, 4) is 0 Å². The van der Waals surface area contributed by atoms with Crippen LogP contribution in [0.1, 0.15) is 5.56 Å². The monoisotopic (exact) mass is 311 g/mol. The highest BCUT2D eigenvalue weighted by atomic mass is 32.3. The third kappa shape index (κ3) is 3.42. The summed E-state index contributed by atoms with van der Waals surface area (Å²) in [7, 11) is -5.36. The summed E-state index contributed by atoms with van der Waals surface area (Å²) in [6.07, 6.45) is 3.77. The molecule has 0 aliphatic heterocycles. The minimum atomic E-state index is -3.62. The lowest BCUT2D eigenvalue weighted by molar-refractivity contribution is 0.392. The minimum absolute atomic E-state index is 0.250. The van der Waals surface area contributed by atoms with E-state index in [1.807, 2.05) is 49.8 Å². The fourth-order valence-electron chi connectivity index (χ4n) is 1.80. The summed E-state index contributed by atoms with van der Waals surface area (Å²) in [5.74, 6) is 0. The van der Waals surface area contributed by atoms with E-state index in [4.69, 9.17) is 0 Å². The van der Waals surface area contributed by atoms with E-state index >= 15 is 0 Å². The van der Waals surface area contributed by atoms with Gasteiger partial charge in [-0.2, -0.15) is 0 Å². The third-order valence-electron chi connectivity index (χ3n) is 2.92. The second-order valence-corrected chi connectivity index (χ2v) is 9.98. The molecule has 0 radical (unpaired) electrons. The maximum atomic E-state index is 12.4. The van der Waals surface area contributed by atoms with Gasteiger partial charge in [0.1, 0.15) is 4.90 Å². The maximum Gasteiger partial charge on any atom is 0.421 e. The van der Waals surface area contributed by atoms with Gasteiger partial charge in [-0.15, -0.1) is 8.42 Å². The molecule has 5 heteroatoms. The van der Waals surface area contributed by atoms with Crippen LogP contribution in [-0.4, -0.2) is 24.6 Å². The van der Waals surface area contributed by atoms with Crippen molar-refractivity contribution in [2.75, 3.05) is 12.5 Å². The van der Waals surface area contributed by atoms with Crippen LogP contribution in [0.3, 0.4) is 0 Å². The van der Waals surface area contributed by atoms with Crippen LogP contribution in [0.5, 0.6) is 0 Å². The van der Waals surface area contributed by atoms with Crippen LogP contribution in [-0.2, 0) is 10.1 Å². The number of benzene rings is 2. The van der Waals surface area contributed by atoms with E-state index in [0.717, 1.165) is 10.5 Å². The van der Waals surface area contributed by atoms with Crippen molar-refractivity contribution >= 4 is 20.4 Å². The largest absolute Gasteiger partial charge is 0.421 e. The highest BCUT2D eigenvalue weighted by molar-refractivity contribution is 8.31. The Morgan fingerprint density at radius 2 is 1.35 bits per heavy atom. The van der Waals surface area contributed by atoms with Gasteiger partial charge in [0.2, 0.25) is 0 Å². The molecule has 0 aliphatic rings. The molecule has 0 aromatic heterocycles. The summed E-state index contributed by atoms with van der Waals surface area (Å²) in [5, 5.41) is 0. The van der Waals surface area contributed by atoms with E-state index in [1.165, 1.54) is 0 Å². The Morgan fingerprint density at radius 1 is 0.800 bits per heavy atom. The molecular weight excluding hydrogens is 292 g/mol. The molecule has 0 spiro atoms. The van der Waals surface area contributed by atoms with Crippen LogP contribution < -0.4 is 0 Å². The van der Waals surface area contributed by atoms with Gasteiger partial charge in [-0.05, 0) is 31.2 Å². The Labute approximate surface area is 122 Å². The van der Waals surface area contributed by atoms with E-state index in [9.17, 15) is 8.42 Å². The highest BCUT2D eigenvalue weighted by Gasteiger charge is 2.31. The molecule has 20 heavy (non-hydrogen) atoms. The molecule has 0 saturated carbocycles. The number of hydrogen-bond acceptors (Lipinski definition) is 2. The zero-order valence-corrected chi connectivity index (χ0v) is 13.4. The molecule has 0 fully saturated rings. The molecule has 108 valence electrons. The molecule has 0 bridgehead atoms. The first kappa shape index (κ1) is 15.1. The van der Waals surface area contributed by atoms with E-state index in [0.29, 0.717) is 0 Å². The summed E-state index contributed by atoms with van der Waals surface area (Å²) >= 11 is 0. The number of aryl methyl sites for hydroxylation is 1. The van der Waals surface area contributed by atoms with Crippen molar-refractivity contribution in [1.29, 1.82) is 0 Å². The quantitative estimate of drug-likeness (QED) is 0.636. The number of hydrogen-bond donors (Lipinski definition) is 0. The van der Waals surface area contributed by atoms with Gasteiger partial charge in [-0.1, -0.05) is 35.9 Å². The standard InChI is InChI=1S/C15H18O3S2/c1-13-9-11-15(12-10-13)20(16,17)18-19(2,3)14-7-5-4-6-8-14/h4-12H,1-3H3/p+1. The molecule has 0 heterocycles. The first-order chi connectivity index (χ1) is 9.31. The molecule has 1 N–H and O–H groups in total. The second kappa shape index (κ2) is 5.60. The lowest BCUT2D eigenvalue weighted by atomic mass is 10.2. The molecule has 3 nitrogen and oxygen atoms in total. The second-order valence-electron chi connectivity index (χ2n) is 4.95.